The lowest BCUT2D eigenvalue weighted by Crippen LogP contribution is -2.43. The number of carbonyl (C=O) groups is 1. The summed E-state index contributed by atoms with van der Waals surface area (Å²) in [5.41, 5.74) is 1.90. The van der Waals surface area contributed by atoms with Gasteiger partial charge >= 0.3 is 12.1 Å². The number of benzene rings is 1. The summed E-state index contributed by atoms with van der Waals surface area (Å²) < 4.78 is 33.5. The minimum Gasteiger partial charge on any atom is -0.475 e. The second-order valence-corrected chi connectivity index (χ2v) is 5.54. The average molecular weight is 363 g/mol. The molecule has 10 heteroatoms. The Morgan fingerprint density at radius 2 is 2.00 bits per heavy atom. The smallest absolute Gasteiger partial charge is 0.475 e. The van der Waals surface area contributed by atoms with Crippen LogP contribution in [-0.4, -0.2) is 45.3 Å². The van der Waals surface area contributed by atoms with Gasteiger partial charge < -0.3 is 10.4 Å². The van der Waals surface area contributed by atoms with Gasteiger partial charge in [0.15, 0.2) is 0 Å². The molecule has 1 aromatic heterocycles. The first kappa shape index (κ1) is 18.2. The fraction of sp³-hybridized carbons (Fsp3) is 0.357. The van der Waals surface area contributed by atoms with Crippen molar-refractivity contribution in [3.63, 3.8) is 0 Å². The molecule has 0 radical (unpaired) electrons. The first-order chi connectivity index (χ1) is 11.3. The molecule has 0 amide bonds. The van der Waals surface area contributed by atoms with Gasteiger partial charge in [0.25, 0.3) is 0 Å². The van der Waals surface area contributed by atoms with Crippen LogP contribution in [0.2, 0.25) is 5.02 Å². The highest BCUT2D eigenvalue weighted by Crippen LogP contribution is 2.19. The van der Waals surface area contributed by atoms with E-state index >= 15 is 0 Å². The summed E-state index contributed by atoms with van der Waals surface area (Å²) in [6, 6.07) is 7.64. The lowest BCUT2D eigenvalue weighted by atomic mass is 9.98. The Bertz CT molecular complexity index is 701. The standard InChI is InChI=1S/C12H13ClN4.C2HF3O2/c13-11-3-1-2-4-12(11)17-8-10(15-16-17)5-9-6-14-7-9;3-2(4,5)1(6)7/h1-4,8-9,14H,5-7H2;(H,6,7). The van der Waals surface area contributed by atoms with Gasteiger partial charge in [0, 0.05) is 0 Å². The molecule has 0 atom stereocenters. The van der Waals surface area contributed by atoms with E-state index in [0.29, 0.717) is 10.9 Å². The Balaban J connectivity index is 0.000000256. The summed E-state index contributed by atoms with van der Waals surface area (Å²) >= 11 is 6.11. The largest absolute Gasteiger partial charge is 0.490 e. The second-order valence-electron chi connectivity index (χ2n) is 5.14. The quantitative estimate of drug-likeness (QED) is 0.876. The van der Waals surface area contributed by atoms with E-state index in [4.69, 9.17) is 21.5 Å². The van der Waals surface area contributed by atoms with Crippen LogP contribution in [0.1, 0.15) is 5.69 Å². The molecule has 130 valence electrons. The molecular formula is C14H14ClF3N4O2. The maximum Gasteiger partial charge on any atom is 0.490 e. The van der Waals surface area contributed by atoms with E-state index in [0.717, 1.165) is 30.9 Å². The number of aliphatic carboxylic acids is 1. The Labute approximate surface area is 140 Å². The Kier molecular flexibility index (Phi) is 5.79. The van der Waals surface area contributed by atoms with Gasteiger partial charge in [0.2, 0.25) is 0 Å². The van der Waals surface area contributed by atoms with Crippen molar-refractivity contribution in [1.29, 1.82) is 0 Å². The van der Waals surface area contributed by atoms with Crippen LogP contribution in [0.5, 0.6) is 0 Å². The van der Waals surface area contributed by atoms with Gasteiger partial charge in [0.1, 0.15) is 0 Å². The fourth-order valence-electron chi connectivity index (χ4n) is 1.94. The van der Waals surface area contributed by atoms with Crippen molar-refractivity contribution in [3.05, 3.63) is 41.2 Å². The summed E-state index contributed by atoms with van der Waals surface area (Å²) in [5.74, 6) is -2.06. The monoisotopic (exact) mass is 362 g/mol. The van der Waals surface area contributed by atoms with E-state index < -0.39 is 12.1 Å². The number of carboxylic acid groups (broad SMARTS) is 1. The van der Waals surface area contributed by atoms with Crippen molar-refractivity contribution in [2.75, 3.05) is 13.1 Å². The number of alkyl halides is 3. The molecule has 1 saturated heterocycles. The van der Waals surface area contributed by atoms with Crippen LogP contribution in [-0.2, 0) is 11.2 Å². The minimum absolute atomic E-state index is 0.689. The zero-order valence-corrected chi connectivity index (χ0v) is 13.1. The molecule has 6 nitrogen and oxygen atoms in total. The van der Waals surface area contributed by atoms with Crippen molar-refractivity contribution in [2.24, 2.45) is 5.92 Å². The van der Waals surface area contributed by atoms with Crippen molar-refractivity contribution in [2.45, 2.75) is 12.6 Å². The maximum absolute atomic E-state index is 10.6. The second kappa shape index (κ2) is 7.63. The molecule has 0 spiro atoms. The highest BCUT2D eigenvalue weighted by atomic mass is 35.5. The first-order valence-corrected chi connectivity index (χ1v) is 7.32. The van der Waals surface area contributed by atoms with Gasteiger partial charge in [0.05, 0.1) is 22.6 Å². The molecule has 24 heavy (non-hydrogen) atoms. The zero-order chi connectivity index (χ0) is 17.7. The number of carboxylic acids is 1. The van der Waals surface area contributed by atoms with Crippen LogP contribution in [0.25, 0.3) is 5.69 Å². The molecule has 0 saturated carbocycles. The molecule has 1 aliphatic rings. The van der Waals surface area contributed by atoms with Crippen LogP contribution in [0.3, 0.4) is 0 Å². The van der Waals surface area contributed by atoms with E-state index in [-0.39, 0.29) is 0 Å². The van der Waals surface area contributed by atoms with Crippen molar-refractivity contribution < 1.29 is 23.1 Å². The lowest BCUT2D eigenvalue weighted by Gasteiger charge is -2.25. The average Bonchev–Trinajstić information content (AvgIpc) is 2.91. The molecule has 2 aromatic rings. The van der Waals surface area contributed by atoms with E-state index in [1.54, 1.807) is 4.68 Å². The minimum atomic E-state index is -5.08. The third-order valence-corrected chi connectivity index (χ3v) is 3.57. The lowest BCUT2D eigenvalue weighted by molar-refractivity contribution is -0.192. The van der Waals surface area contributed by atoms with Crippen LogP contribution in [0.15, 0.2) is 30.5 Å². The first-order valence-electron chi connectivity index (χ1n) is 6.94. The molecule has 3 rings (SSSR count). The molecule has 0 bridgehead atoms. The Morgan fingerprint density at radius 3 is 2.50 bits per heavy atom. The van der Waals surface area contributed by atoms with Gasteiger partial charge in [-0.3, -0.25) is 0 Å². The predicted molar refractivity (Wildman–Crippen MR) is 80.1 cm³/mol. The number of para-hydroxylation sites is 1. The third-order valence-electron chi connectivity index (χ3n) is 3.25. The van der Waals surface area contributed by atoms with Crippen LogP contribution >= 0.6 is 11.6 Å². The SMILES string of the molecule is Clc1ccccc1-n1cc(CC2CNC2)nn1.O=C(O)C(F)(F)F. The van der Waals surface area contributed by atoms with Gasteiger partial charge in [-0.05, 0) is 37.6 Å². The normalized spacial score (nSPS) is 14.5. The molecule has 0 unspecified atom stereocenters. The molecular weight excluding hydrogens is 349 g/mol. The Morgan fingerprint density at radius 1 is 1.38 bits per heavy atom. The van der Waals surface area contributed by atoms with Crippen molar-refractivity contribution >= 4 is 17.6 Å². The zero-order valence-electron chi connectivity index (χ0n) is 12.3. The van der Waals surface area contributed by atoms with Gasteiger partial charge in [-0.15, -0.1) is 5.10 Å². The van der Waals surface area contributed by atoms with Gasteiger partial charge in [-0.25, -0.2) is 9.48 Å². The van der Waals surface area contributed by atoms with E-state index in [9.17, 15) is 13.2 Å². The number of aromatic nitrogens is 3. The highest BCUT2D eigenvalue weighted by Gasteiger charge is 2.38. The summed E-state index contributed by atoms with van der Waals surface area (Å²) in [6.07, 6.45) is -2.14. The Hall–Kier alpha value is -2.13. The van der Waals surface area contributed by atoms with Crippen molar-refractivity contribution in [1.82, 2.24) is 20.3 Å². The summed E-state index contributed by atoms with van der Waals surface area (Å²) in [6.45, 7) is 2.16. The summed E-state index contributed by atoms with van der Waals surface area (Å²) in [5, 5.41) is 19.4. The molecule has 2 heterocycles. The number of hydrogen-bond donors (Lipinski definition) is 2. The van der Waals surface area contributed by atoms with Crippen molar-refractivity contribution in [3.8, 4) is 5.69 Å². The molecule has 1 aromatic carbocycles. The third kappa shape index (κ3) is 4.93. The van der Waals surface area contributed by atoms with Crippen LogP contribution in [0.4, 0.5) is 13.2 Å². The van der Waals surface area contributed by atoms with E-state index in [2.05, 4.69) is 15.6 Å². The van der Waals surface area contributed by atoms with Gasteiger partial charge in [-0.2, -0.15) is 13.2 Å². The molecule has 1 aliphatic heterocycles. The summed E-state index contributed by atoms with van der Waals surface area (Å²) in [4.78, 5) is 8.90. The number of hydrogen-bond acceptors (Lipinski definition) is 4. The maximum atomic E-state index is 10.6. The van der Waals surface area contributed by atoms with E-state index in [1.165, 1.54) is 0 Å². The van der Waals surface area contributed by atoms with Crippen LogP contribution < -0.4 is 5.32 Å². The summed E-state index contributed by atoms with van der Waals surface area (Å²) in [7, 11) is 0. The number of nitrogens with one attached hydrogen (secondary N) is 1. The number of nitrogens with zero attached hydrogens (tertiary/aromatic N) is 3. The number of halogens is 4. The molecule has 1 fully saturated rings. The van der Waals surface area contributed by atoms with Gasteiger partial charge in [-0.1, -0.05) is 28.9 Å². The molecule has 0 aliphatic carbocycles. The fourth-order valence-corrected chi connectivity index (χ4v) is 2.16. The molecule has 2 N–H and O–H groups in total. The number of rotatable bonds is 3. The van der Waals surface area contributed by atoms with Crippen LogP contribution in [0, 0.1) is 5.92 Å². The highest BCUT2D eigenvalue weighted by molar-refractivity contribution is 6.32. The topological polar surface area (TPSA) is 80.0 Å². The van der Waals surface area contributed by atoms with E-state index in [1.807, 2.05) is 30.5 Å². The predicted octanol–water partition coefficient (Wildman–Crippen LogP) is 2.32.